The molecule has 7 heteroatoms. The molecule has 21 heavy (non-hydrogen) atoms. The second-order valence-electron chi connectivity index (χ2n) is 4.12. The van der Waals surface area contributed by atoms with Crippen LogP contribution in [-0.2, 0) is 19.1 Å². The topological polar surface area (TPSA) is 65.9 Å². The Hall–Kier alpha value is -1.80. The second-order valence-corrected chi connectivity index (χ2v) is 4.12. The van der Waals surface area contributed by atoms with Crippen LogP contribution in [0.15, 0.2) is 30.6 Å². The first-order chi connectivity index (χ1) is 10.4. The van der Waals surface area contributed by atoms with Gasteiger partial charge in [-0.3, -0.25) is 0 Å². The zero-order chi connectivity index (χ0) is 14.9. The van der Waals surface area contributed by atoms with Crippen molar-refractivity contribution in [1.29, 1.82) is 0 Å². The van der Waals surface area contributed by atoms with Crippen LogP contribution >= 0.6 is 0 Å². The van der Waals surface area contributed by atoms with Crippen LogP contribution in [0.5, 0.6) is 0 Å². The van der Waals surface area contributed by atoms with Gasteiger partial charge in [0.1, 0.15) is 19.5 Å². The summed E-state index contributed by atoms with van der Waals surface area (Å²) in [6.07, 6.45) is 1.48. The molecule has 0 fully saturated rings. The molecule has 7 nitrogen and oxygen atoms in total. The number of rotatable bonds is 9. The summed E-state index contributed by atoms with van der Waals surface area (Å²) in [5.74, 6) is 0.549. The van der Waals surface area contributed by atoms with Gasteiger partial charge in [0.2, 0.25) is 0 Å². The monoisotopic (exact) mass is 293 g/mol. The van der Waals surface area contributed by atoms with Crippen LogP contribution in [0.4, 0.5) is 5.82 Å². The third-order valence-corrected chi connectivity index (χ3v) is 2.69. The Balaban J connectivity index is 2.19. The summed E-state index contributed by atoms with van der Waals surface area (Å²) < 4.78 is 9.95. The lowest BCUT2D eigenvalue weighted by atomic mass is 10.2. The molecule has 0 unspecified atom stereocenters. The van der Waals surface area contributed by atoms with Crippen molar-refractivity contribution >= 4 is 16.7 Å². The average Bonchev–Trinajstić information content (AvgIpc) is 2.53. The predicted molar refractivity (Wildman–Crippen MR) is 77.7 cm³/mol. The molecular formula is C14H19N3O4. The normalized spacial score (nSPS) is 11.0. The summed E-state index contributed by atoms with van der Waals surface area (Å²) in [7, 11) is 3.22. The van der Waals surface area contributed by atoms with E-state index in [-0.39, 0.29) is 0 Å². The SMILES string of the molecule is COCCON(OCCOC)c1ncnc2ccccc12. The van der Waals surface area contributed by atoms with E-state index >= 15 is 0 Å². The lowest BCUT2D eigenvalue weighted by Crippen LogP contribution is -2.28. The fraction of sp³-hybridized carbons (Fsp3) is 0.429. The molecule has 1 aromatic heterocycles. The van der Waals surface area contributed by atoms with Gasteiger partial charge < -0.3 is 9.47 Å². The fourth-order valence-electron chi connectivity index (χ4n) is 1.70. The highest BCUT2D eigenvalue weighted by Gasteiger charge is 2.14. The molecule has 0 bridgehead atoms. The van der Waals surface area contributed by atoms with Crippen molar-refractivity contribution in [3.8, 4) is 0 Å². The van der Waals surface area contributed by atoms with Gasteiger partial charge in [0.15, 0.2) is 5.82 Å². The molecule has 0 aliphatic rings. The molecule has 1 aromatic carbocycles. The minimum atomic E-state index is 0.349. The molecule has 0 amide bonds. The Kier molecular flexibility index (Phi) is 6.29. The van der Waals surface area contributed by atoms with Gasteiger partial charge in [-0.05, 0) is 12.1 Å². The van der Waals surface area contributed by atoms with Crippen LogP contribution in [0.3, 0.4) is 0 Å². The number of nitrogens with zero attached hydrogens (tertiary/aromatic N) is 3. The van der Waals surface area contributed by atoms with E-state index in [0.29, 0.717) is 32.2 Å². The summed E-state index contributed by atoms with van der Waals surface area (Å²) in [5, 5.41) is 2.14. The number of fused-ring (bicyclic) bond motifs is 1. The minimum absolute atomic E-state index is 0.349. The van der Waals surface area contributed by atoms with Gasteiger partial charge >= 0.3 is 0 Å². The summed E-state index contributed by atoms with van der Waals surface area (Å²) >= 11 is 0. The van der Waals surface area contributed by atoms with E-state index in [2.05, 4.69) is 9.97 Å². The molecule has 2 rings (SSSR count). The third-order valence-electron chi connectivity index (χ3n) is 2.69. The lowest BCUT2D eigenvalue weighted by Gasteiger charge is -2.22. The number of hydrogen-bond donors (Lipinski definition) is 0. The number of methoxy groups -OCH3 is 2. The largest absolute Gasteiger partial charge is 0.382 e. The van der Waals surface area contributed by atoms with E-state index < -0.39 is 0 Å². The highest BCUT2D eigenvalue weighted by Crippen LogP contribution is 2.22. The van der Waals surface area contributed by atoms with Gasteiger partial charge in [0.05, 0.1) is 18.7 Å². The van der Waals surface area contributed by atoms with Crippen LogP contribution in [0.2, 0.25) is 0 Å². The lowest BCUT2D eigenvalue weighted by molar-refractivity contribution is -0.108. The summed E-state index contributed by atoms with van der Waals surface area (Å²) in [4.78, 5) is 19.6. The summed E-state index contributed by atoms with van der Waals surface area (Å²) in [5.41, 5.74) is 0.818. The first-order valence-electron chi connectivity index (χ1n) is 6.60. The van der Waals surface area contributed by atoms with Crippen molar-refractivity contribution in [2.24, 2.45) is 0 Å². The highest BCUT2D eigenvalue weighted by atomic mass is 17.0. The number of aromatic nitrogens is 2. The number of benzene rings is 1. The highest BCUT2D eigenvalue weighted by molar-refractivity contribution is 5.88. The molecule has 114 valence electrons. The van der Waals surface area contributed by atoms with E-state index in [0.717, 1.165) is 10.9 Å². The Bertz CT molecular complexity index is 537. The van der Waals surface area contributed by atoms with Crippen LogP contribution in [0.1, 0.15) is 0 Å². The van der Waals surface area contributed by atoms with Crippen molar-refractivity contribution in [1.82, 2.24) is 9.97 Å². The number of para-hydroxylation sites is 1. The van der Waals surface area contributed by atoms with Crippen LogP contribution < -0.4 is 5.23 Å². The van der Waals surface area contributed by atoms with Crippen LogP contribution in [-0.4, -0.2) is 50.6 Å². The molecule has 0 spiro atoms. The first-order valence-corrected chi connectivity index (χ1v) is 6.60. The number of ether oxygens (including phenoxy) is 2. The first kappa shape index (κ1) is 15.6. The van der Waals surface area contributed by atoms with Gasteiger partial charge in [0, 0.05) is 19.6 Å². The van der Waals surface area contributed by atoms with Crippen LogP contribution in [0, 0.1) is 0 Å². The summed E-state index contributed by atoms with van der Waals surface area (Å²) in [6, 6.07) is 7.65. The van der Waals surface area contributed by atoms with Crippen molar-refractivity contribution < 1.29 is 19.1 Å². The molecular weight excluding hydrogens is 274 g/mol. The molecule has 0 aliphatic heterocycles. The smallest absolute Gasteiger partial charge is 0.194 e. The van der Waals surface area contributed by atoms with E-state index in [1.807, 2.05) is 24.3 Å². The standard InChI is InChI=1S/C14H19N3O4/c1-18-7-9-20-17(21-10-8-19-2)14-12-5-3-4-6-13(12)15-11-16-14/h3-6,11H,7-10H2,1-2H3. The Morgan fingerprint density at radius 3 is 2.24 bits per heavy atom. The van der Waals surface area contributed by atoms with Crippen molar-refractivity contribution in [3.63, 3.8) is 0 Å². The van der Waals surface area contributed by atoms with Gasteiger partial charge in [-0.2, -0.15) is 0 Å². The van der Waals surface area contributed by atoms with Crippen LogP contribution in [0.25, 0.3) is 10.9 Å². The fourth-order valence-corrected chi connectivity index (χ4v) is 1.70. The van der Waals surface area contributed by atoms with E-state index in [4.69, 9.17) is 19.1 Å². The molecule has 0 saturated heterocycles. The minimum Gasteiger partial charge on any atom is -0.382 e. The van der Waals surface area contributed by atoms with Crippen molar-refractivity contribution in [3.05, 3.63) is 30.6 Å². The van der Waals surface area contributed by atoms with Gasteiger partial charge in [0.25, 0.3) is 0 Å². The number of anilines is 1. The van der Waals surface area contributed by atoms with Crippen molar-refractivity contribution in [2.45, 2.75) is 0 Å². The van der Waals surface area contributed by atoms with Gasteiger partial charge in [-0.1, -0.05) is 12.1 Å². The zero-order valence-electron chi connectivity index (χ0n) is 12.2. The second kappa shape index (κ2) is 8.48. The average molecular weight is 293 g/mol. The molecule has 0 radical (unpaired) electrons. The molecule has 0 N–H and O–H groups in total. The molecule has 1 heterocycles. The zero-order valence-corrected chi connectivity index (χ0v) is 12.2. The Morgan fingerprint density at radius 2 is 1.57 bits per heavy atom. The maximum Gasteiger partial charge on any atom is 0.194 e. The van der Waals surface area contributed by atoms with E-state index in [1.54, 1.807) is 14.2 Å². The quantitative estimate of drug-likeness (QED) is 0.514. The maximum atomic E-state index is 5.56. The summed E-state index contributed by atoms with van der Waals surface area (Å²) in [6.45, 7) is 1.60. The Morgan fingerprint density at radius 1 is 0.905 bits per heavy atom. The van der Waals surface area contributed by atoms with Gasteiger partial charge in [-0.25, -0.2) is 19.6 Å². The maximum absolute atomic E-state index is 5.56. The third kappa shape index (κ3) is 4.33. The van der Waals surface area contributed by atoms with Crippen molar-refractivity contribution in [2.75, 3.05) is 45.9 Å². The van der Waals surface area contributed by atoms with E-state index in [1.165, 1.54) is 11.6 Å². The van der Waals surface area contributed by atoms with E-state index in [9.17, 15) is 0 Å². The molecule has 0 aliphatic carbocycles. The van der Waals surface area contributed by atoms with Gasteiger partial charge in [-0.15, -0.1) is 5.23 Å². The molecule has 0 saturated carbocycles. The molecule has 0 atom stereocenters. The predicted octanol–water partition coefficient (Wildman–Crippen LogP) is 1.59. The molecule has 2 aromatic rings. The number of hydrogen-bond acceptors (Lipinski definition) is 7. The Labute approximate surface area is 123 Å².